The quantitative estimate of drug-likeness (QED) is 0.834. The Morgan fingerprint density at radius 2 is 1.90 bits per heavy atom. The number of hydrogen-bond donors (Lipinski definition) is 1. The number of likely N-dealkylation sites (N-methyl/N-ethyl adjacent to an activating group) is 1. The summed E-state index contributed by atoms with van der Waals surface area (Å²) in [7, 11) is -3.49. The Bertz CT molecular complexity index is 636. The molecule has 116 valence electrons. The van der Waals surface area contributed by atoms with Gasteiger partial charge in [0.1, 0.15) is 4.99 Å². The number of sulfonamides is 1. The van der Waals surface area contributed by atoms with E-state index in [1.54, 1.807) is 29.4 Å². The Hall–Kier alpha value is -1.02. The van der Waals surface area contributed by atoms with Crippen molar-refractivity contribution in [1.82, 2.24) is 9.21 Å². The Morgan fingerprint density at radius 1 is 1.29 bits per heavy atom. The summed E-state index contributed by atoms with van der Waals surface area (Å²) in [5.41, 5.74) is 6.91. The van der Waals surface area contributed by atoms with Gasteiger partial charge in [0.05, 0.1) is 4.90 Å². The van der Waals surface area contributed by atoms with Crippen molar-refractivity contribution in [1.29, 1.82) is 0 Å². The van der Waals surface area contributed by atoms with Crippen LogP contribution in [-0.4, -0.2) is 55.3 Å². The molecule has 7 heteroatoms. The zero-order valence-electron chi connectivity index (χ0n) is 12.4. The Kier molecular flexibility index (Phi) is 4.98. The van der Waals surface area contributed by atoms with Crippen LogP contribution in [0.4, 0.5) is 0 Å². The minimum absolute atomic E-state index is 0.210. The molecular formula is C14H21N3O2S2. The first kappa shape index (κ1) is 16.4. The van der Waals surface area contributed by atoms with Crippen LogP contribution in [0.3, 0.4) is 0 Å². The van der Waals surface area contributed by atoms with Gasteiger partial charge in [0.15, 0.2) is 0 Å². The van der Waals surface area contributed by atoms with Crippen LogP contribution in [0.2, 0.25) is 0 Å². The van der Waals surface area contributed by atoms with Gasteiger partial charge in [0.2, 0.25) is 10.0 Å². The summed E-state index contributed by atoms with van der Waals surface area (Å²) < 4.78 is 27.1. The molecular weight excluding hydrogens is 306 g/mol. The van der Waals surface area contributed by atoms with E-state index in [9.17, 15) is 8.42 Å². The average Bonchev–Trinajstić information content (AvgIpc) is 2.47. The van der Waals surface area contributed by atoms with Crippen molar-refractivity contribution in [3.63, 3.8) is 0 Å². The van der Waals surface area contributed by atoms with E-state index in [4.69, 9.17) is 18.0 Å². The third-order valence-corrected chi connectivity index (χ3v) is 6.15. The van der Waals surface area contributed by atoms with Crippen molar-refractivity contribution in [3.8, 4) is 0 Å². The fourth-order valence-electron chi connectivity index (χ4n) is 2.46. The zero-order valence-corrected chi connectivity index (χ0v) is 14.0. The van der Waals surface area contributed by atoms with Crippen LogP contribution in [0.1, 0.15) is 18.1 Å². The maximum Gasteiger partial charge on any atom is 0.243 e. The molecule has 1 aliphatic heterocycles. The van der Waals surface area contributed by atoms with Crippen LogP contribution >= 0.6 is 12.2 Å². The second kappa shape index (κ2) is 6.39. The number of nitrogens with two attached hydrogens (primary N) is 1. The van der Waals surface area contributed by atoms with Gasteiger partial charge in [-0.1, -0.05) is 31.3 Å². The summed E-state index contributed by atoms with van der Waals surface area (Å²) in [5.74, 6) is 0. The van der Waals surface area contributed by atoms with Gasteiger partial charge in [0.25, 0.3) is 0 Å². The lowest BCUT2D eigenvalue weighted by atomic mass is 10.1. The van der Waals surface area contributed by atoms with Gasteiger partial charge < -0.3 is 10.6 Å². The summed E-state index contributed by atoms with van der Waals surface area (Å²) in [6, 6.07) is 5.09. The maximum absolute atomic E-state index is 12.8. The Morgan fingerprint density at radius 3 is 2.43 bits per heavy atom. The average molecular weight is 327 g/mol. The lowest BCUT2D eigenvalue weighted by Crippen LogP contribution is -2.48. The Labute approximate surface area is 131 Å². The predicted octanol–water partition coefficient (Wildman–Crippen LogP) is 0.955. The molecule has 0 saturated carbocycles. The van der Waals surface area contributed by atoms with Crippen molar-refractivity contribution < 1.29 is 8.42 Å². The fourth-order valence-corrected chi connectivity index (χ4v) is 4.26. The number of piperazine rings is 1. The topological polar surface area (TPSA) is 66.6 Å². The zero-order chi connectivity index (χ0) is 15.6. The number of aryl methyl sites for hydroxylation is 1. The molecule has 0 radical (unpaired) electrons. The molecule has 2 rings (SSSR count). The fraction of sp³-hybridized carbons (Fsp3) is 0.500. The number of hydrogen-bond acceptors (Lipinski definition) is 4. The lowest BCUT2D eigenvalue weighted by Gasteiger charge is -2.33. The minimum atomic E-state index is -3.49. The monoisotopic (exact) mass is 327 g/mol. The molecule has 1 fully saturated rings. The van der Waals surface area contributed by atoms with Gasteiger partial charge in [-0.15, -0.1) is 0 Å². The first-order valence-corrected chi connectivity index (χ1v) is 8.84. The van der Waals surface area contributed by atoms with Crippen molar-refractivity contribution in [3.05, 3.63) is 29.3 Å². The van der Waals surface area contributed by atoms with E-state index >= 15 is 0 Å². The van der Waals surface area contributed by atoms with E-state index in [-0.39, 0.29) is 4.99 Å². The molecule has 0 atom stereocenters. The first-order chi connectivity index (χ1) is 9.86. The third-order valence-electron chi connectivity index (χ3n) is 3.87. The lowest BCUT2D eigenvalue weighted by molar-refractivity contribution is 0.196. The normalized spacial score (nSPS) is 17.8. The van der Waals surface area contributed by atoms with Crippen LogP contribution in [-0.2, 0) is 10.0 Å². The van der Waals surface area contributed by atoms with Crippen LogP contribution in [0.25, 0.3) is 0 Å². The molecule has 0 amide bonds. The smallest absolute Gasteiger partial charge is 0.243 e. The number of nitrogens with zero attached hydrogens (tertiary/aromatic N) is 2. The highest BCUT2D eigenvalue weighted by Gasteiger charge is 2.29. The highest BCUT2D eigenvalue weighted by atomic mass is 32.2. The van der Waals surface area contributed by atoms with E-state index in [0.29, 0.717) is 29.1 Å². The van der Waals surface area contributed by atoms with Crippen LogP contribution < -0.4 is 5.73 Å². The van der Waals surface area contributed by atoms with Gasteiger partial charge in [0, 0.05) is 31.7 Å². The molecule has 0 spiro atoms. The number of rotatable bonds is 4. The van der Waals surface area contributed by atoms with Gasteiger partial charge in [-0.3, -0.25) is 0 Å². The maximum atomic E-state index is 12.8. The number of benzene rings is 1. The molecule has 0 bridgehead atoms. The molecule has 0 aromatic heterocycles. The second-order valence-electron chi connectivity index (χ2n) is 5.18. The Balaban J connectivity index is 2.32. The van der Waals surface area contributed by atoms with Gasteiger partial charge >= 0.3 is 0 Å². The van der Waals surface area contributed by atoms with E-state index in [0.717, 1.165) is 19.6 Å². The van der Waals surface area contributed by atoms with Gasteiger partial charge in [-0.05, 0) is 25.1 Å². The van der Waals surface area contributed by atoms with Crippen LogP contribution in [0.15, 0.2) is 23.1 Å². The third kappa shape index (κ3) is 3.42. The SMILES string of the molecule is CCN1CCN(S(=O)(=O)c2cc(C(N)=S)ccc2C)CC1. The summed E-state index contributed by atoms with van der Waals surface area (Å²) in [4.78, 5) is 2.75. The summed E-state index contributed by atoms with van der Waals surface area (Å²) in [6.45, 7) is 7.40. The van der Waals surface area contributed by atoms with Crippen LogP contribution in [0, 0.1) is 6.92 Å². The highest BCUT2D eigenvalue weighted by molar-refractivity contribution is 7.89. The van der Waals surface area contributed by atoms with Crippen molar-refractivity contribution in [2.45, 2.75) is 18.7 Å². The molecule has 1 heterocycles. The summed E-state index contributed by atoms with van der Waals surface area (Å²) >= 11 is 4.94. The van der Waals surface area contributed by atoms with E-state index in [2.05, 4.69) is 11.8 Å². The molecule has 21 heavy (non-hydrogen) atoms. The first-order valence-electron chi connectivity index (χ1n) is 6.99. The van der Waals surface area contributed by atoms with E-state index in [1.165, 1.54) is 0 Å². The number of thiocarbonyl (C=S) groups is 1. The van der Waals surface area contributed by atoms with Crippen molar-refractivity contribution in [2.75, 3.05) is 32.7 Å². The van der Waals surface area contributed by atoms with Gasteiger partial charge in [-0.2, -0.15) is 4.31 Å². The van der Waals surface area contributed by atoms with Gasteiger partial charge in [-0.25, -0.2) is 8.42 Å². The molecule has 0 aliphatic carbocycles. The molecule has 5 nitrogen and oxygen atoms in total. The molecule has 1 aliphatic rings. The predicted molar refractivity (Wildman–Crippen MR) is 87.9 cm³/mol. The molecule has 1 aromatic rings. The molecule has 0 unspecified atom stereocenters. The molecule has 2 N–H and O–H groups in total. The van der Waals surface area contributed by atoms with E-state index < -0.39 is 10.0 Å². The standard InChI is InChI=1S/C14H21N3O2S2/c1-3-16-6-8-17(9-7-16)21(18,19)13-10-12(14(15)20)5-4-11(13)2/h4-5,10H,3,6-9H2,1-2H3,(H2,15,20). The molecule has 1 saturated heterocycles. The second-order valence-corrected chi connectivity index (χ2v) is 7.53. The summed E-state index contributed by atoms with van der Waals surface area (Å²) in [6.07, 6.45) is 0. The van der Waals surface area contributed by atoms with E-state index in [1.807, 2.05) is 0 Å². The minimum Gasteiger partial charge on any atom is -0.389 e. The van der Waals surface area contributed by atoms with Crippen LogP contribution in [0.5, 0.6) is 0 Å². The largest absolute Gasteiger partial charge is 0.389 e. The van der Waals surface area contributed by atoms with Crippen molar-refractivity contribution in [2.24, 2.45) is 5.73 Å². The molecule has 1 aromatic carbocycles. The van der Waals surface area contributed by atoms with Crippen molar-refractivity contribution >= 4 is 27.2 Å². The highest BCUT2D eigenvalue weighted by Crippen LogP contribution is 2.22. The summed E-state index contributed by atoms with van der Waals surface area (Å²) in [5, 5.41) is 0.